The van der Waals surface area contributed by atoms with Crippen LogP contribution in [0.5, 0.6) is 0 Å². The molecule has 0 saturated carbocycles. The molecular weight excluding hydrogens is 252 g/mol. The maximum atomic E-state index is 11.7. The molecule has 0 aliphatic carbocycles. The van der Waals surface area contributed by atoms with Gasteiger partial charge in [0.15, 0.2) is 9.84 Å². The normalized spacial score (nSPS) is 16.9. The Bertz CT molecular complexity index is 220. The molecule has 2 unspecified atom stereocenters. The third kappa shape index (κ3) is 4.45. The van der Waals surface area contributed by atoms with Gasteiger partial charge in [-0.05, 0) is 19.3 Å². The average Bonchev–Trinajstić information content (AvgIpc) is 2.12. The SMILES string of the molecule is CCC(CBr)CS(=O)(=O)C(C)CC. The predicted octanol–water partition coefficient (Wildman–Crippen LogP) is 2.62. The van der Waals surface area contributed by atoms with E-state index in [-0.39, 0.29) is 11.2 Å². The smallest absolute Gasteiger partial charge is 0.153 e. The maximum Gasteiger partial charge on any atom is 0.153 e. The first kappa shape index (κ1) is 13.4. The minimum atomic E-state index is -2.86. The molecule has 0 aliphatic rings. The van der Waals surface area contributed by atoms with Crippen molar-refractivity contribution in [2.45, 2.75) is 38.9 Å². The first-order chi connectivity index (χ1) is 5.97. The van der Waals surface area contributed by atoms with Crippen LogP contribution < -0.4 is 0 Å². The van der Waals surface area contributed by atoms with E-state index in [0.717, 1.165) is 11.8 Å². The summed E-state index contributed by atoms with van der Waals surface area (Å²) >= 11 is 3.34. The lowest BCUT2D eigenvalue weighted by atomic mass is 10.2. The second-order valence-corrected chi connectivity index (χ2v) is 6.59. The van der Waals surface area contributed by atoms with Crippen LogP contribution in [-0.2, 0) is 9.84 Å². The van der Waals surface area contributed by atoms with E-state index >= 15 is 0 Å². The van der Waals surface area contributed by atoms with E-state index in [2.05, 4.69) is 15.9 Å². The van der Waals surface area contributed by atoms with Crippen LogP contribution in [0.25, 0.3) is 0 Å². The van der Waals surface area contributed by atoms with Crippen molar-refractivity contribution in [2.24, 2.45) is 5.92 Å². The van der Waals surface area contributed by atoms with Crippen molar-refractivity contribution in [1.82, 2.24) is 0 Å². The Labute approximate surface area is 90.2 Å². The Balaban J connectivity index is 4.32. The Kier molecular flexibility index (Phi) is 6.21. The van der Waals surface area contributed by atoms with Gasteiger partial charge in [-0.2, -0.15) is 0 Å². The average molecular weight is 271 g/mol. The molecule has 13 heavy (non-hydrogen) atoms. The molecule has 0 aromatic carbocycles. The molecule has 0 amide bonds. The molecule has 0 aromatic rings. The van der Waals surface area contributed by atoms with E-state index in [1.165, 1.54) is 0 Å². The van der Waals surface area contributed by atoms with Crippen LogP contribution in [0.1, 0.15) is 33.6 Å². The summed E-state index contributed by atoms with van der Waals surface area (Å²) < 4.78 is 23.3. The first-order valence-corrected chi connectivity index (χ1v) is 7.59. The zero-order valence-electron chi connectivity index (χ0n) is 8.59. The molecular formula is C9H19BrO2S. The van der Waals surface area contributed by atoms with Gasteiger partial charge in [0.1, 0.15) is 0 Å². The van der Waals surface area contributed by atoms with Gasteiger partial charge >= 0.3 is 0 Å². The van der Waals surface area contributed by atoms with Gasteiger partial charge in [-0.1, -0.05) is 36.2 Å². The molecule has 0 bridgehead atoms. The number of hydrogen-bond acceptors (Lipinski definition) is 2. The topological polar surface area (TPSA) is 34.1 Å². The maximum absolute atomic E-state index is 11.7. The molecule has 0 aromatic heterocycles. The zero-order chi connectivity index (χ0) is 10.5. The van der Waals surface area contributed by atoms with Gasteiger partial charge in [-0.3, -0.25) is 0 Å². The first-order valence-electron chi connectivity index (χ1n) is 4.75. The van der Waals surface area contributed by atoms with Crippen molar-refractivity contribution >= 4 is 25.8 Å². The summed E-state index contributed by atoms with van der Waals surface area (Å²) in [5.74, 6) is 0.586. The largest absolute Gasteiger partial charge is 0.229 e. The van der Waals surface area contributed by atoms with Gasteiger partial charge in [0.05, 0.1) is 11.0 Å². The van der Waals surface area contributed by atoms with Gasteiger partial charge in [-0.15, -0.1) is 0 Å². The second kappa shape index (κ2) is 6.02. The molecule has 0 heterocycles. The molecule has 0 N–H and O–H groups in total. The molecule has 2 atom stereocenters. The molecule has 0 saturated heterocycles. The van der Waals surface area contributed by atoms with Crippen LogP contribution in [0.2, 0.25) is 0 Å². The van der Waals surface area contributed by atoms with E-state index in [9.17, 15) is 8.42 Å². The minimum Gasteiger partial charge on any atom is -0.229 e. The highest BCUT2D eigenvalue weighted by Gasteiger charge is 2.22. The summed E-state index contributed by atoms with van der Waals surface area (Å²) in [6.45, 7) is 5.73. The molecule has 0 spiro atoms. The highest BCUT2D eigenvalue weighted by atomic mass is 79.9. The molecule has 0 rings (SSSR count). The van der Waals surface area contributed by atoms with Crippen molar-refractivity contribution in [1.29, 1.82) is 0 Å². The zero-order valence-corrected chi connectivity index (χ0v) is 11.0. The fourth-order valence-electron chi connectivity index (χ4n) is 1.02. The summed E-state index contributed by atoms with van der Waals surface area (Å²) in [4.78, 5) is 0. The summed E-state index contributed by atoms with van der Waals surface area (Å²) in [5.41, 5.74) is 0. The molecule has 4 heteroatoms. The van der Waals surface area contributed by atoms with E-state index in [1.54, 1.807) is 6.92 Å². The van der Waals surface area contributed by atoms with Gasteiger partial charge in [0, 0.05) is 5.33 Å². The highest BCUT2D eigenvalue weighted by Crippen LogP contribution is 2.15. The van der Waals surface area contributed by atoms with Crippen LogP contribution in [0.3, 0.4) is 0 Å². The molecule has 0 aliphatic heterocycles. The van der Waals surface area contributed by atoms with Crippen LogP contribution in [0, 0.1) is 5.92 Å². The number of hydrogen-bond donors (Lipinski definition) is 0. The number of sulfone groups is 1. The fraction of sp³-hybridized carbons (Fsp3) is 1.00. The Morgan fingerprint density at radius 3 is 2.08 bits per heavy atom. The molecule has 0 fully saturated rings. The van der Waals surface area contributed by atoms with Crippen LogP contribution in [0.15, 0.2) is 0 Å². The fourth-order valence-corrected chi connectivity index (χ4v) is 3.86. The van der Waals surface area contributed by atoms with E-state index < -0.39 is 9.84 Å². The van der Waals surface area contributed by atoms with Gasteiger partial charge in [0.25, 0.3) is 0 Å². The summed E-state index contributed by atoms with van der Waals surface area (Å²) in [5, 5.41) is 0.583. The van der Waals surface area contributed by atoms with Crippen LogP contribution >= 0.6 is 15.9 Å². The van der Waals surface area contributed by atoms with Gasteiger partial charge in [-0.25, -0.2) is 8.42 Å². The van der Waals surface area contributed by atoms with Crippen LogP contribution in [-0.4, -0.2) is 24.8 Å². The van der Waals surface area contributed by atoms with E-state index in [4.69, 9.17) is 0 Å². The molecule has 0 radical (unpaired) electrons. The van der Waals surface area contributed by atoms with Gasteiger partial charge in [0.2, 0.25) is 0 Å². The monoisotopic (exact) mass is 270 g/mol. The standard InChI is InChI=1S/C9H19BrO2S/c1-4-8(3)13(11,12)7-9(5-2)6-10/h8-9H,4-7H2,1-3H3. The summed E-state index contributed by atoms with van der Waals surface area (Å²) in [6, 6.07) is 0. The van der Waals surface area contributed by atoms with E-state index in [1.807, 2.05) is 13.8 Å². The molecule has 80 valence electrons. The quantitative estimate of drug-likeness (QED) is 0.696. The summed E-state index contributed by atoms with van der Waals surface area (Å²) in [7, 11) is -2.86. The molecule has 2 nitrogen and oxygen atoms in total. The lowest BCUT2D eigenvalue weighted by Crippen LogP contribution is -2.25. The highest BCUT2D eigenvalue weighted by molar-refractivity contribution is 9.09. The van der Waals surface area contributed by atoms with Crippen molar-refractivity contribution < 1.29 is 8.42 Å². The third-order valence-corrected chi connectivity index (χ3v) is 5.86. The van der Waals surface area contributed by atoms with E-state index in [0.29, 0.717) is 12.2 Å². The Morgan fingerprint density at radius 1 is 1.23 bits per heavy atom. The third-order valence-electron chi connectivity index (χ3n) is 2.45. The predicted molar refractivity (Wildman–Crippen MR) is 61.1 cm³/mol. The number of alkyl halides is 1. The number of rotatable bonds is 6. The Morgan fingerprint density at radius 2 is 1.77 bits per heavy atom. The number of halogens is 1. The minimum absolute atomic E-state index is 0.194. The van der Waals surface area contributed by atoms with Crippen molar-refractivity contribution in [3.8, 4) is 0 Å². The van der Waals surface area contributed by atoms with Crippen molar-refractivity contribution in [3.63, 3.8) is 0 Å². The van der Waals surface area contributed by atoms with Crippen molar-refractivity contribution in [2.75, 3.05) is 11.1 Å². The van der Waals surface area contributed by atoms with Crippen LogP contribution in [0.4, 0.5) is 0 Å². The Hall–Kier alpha value is 0.430. The lowest BCUT2D eigenvalue weighted by molar-refractivity contribution is 0.556. The van der Waals surface area contributed by atoms with Gasteiger partial charge < -0.3 is 0 Å². The second-order valence-electron chi connectivity index (χ2n) is 3.48. The summed E-state index contributed by atoms with van der Waals surface area (Å²) in [6.07, 6.45) is 1.63. The lowest BCUT2D eigenvalue weighted by Gasteiger charge is -2.15. The van der Waals surface area contributed by atoms with Crippen molar-refractivity contribution in [3.05, 3.63) is 0 Å².